The third-order valence-corrected chi connectivity index (χ3v) is 5.20. The molecule has 0 atom stereocenters. The lowest BCUT2D eigenvalue weighted by atomic mass is 10.2. The molecule has 2 rings (SSSR count). The lowest BCUT2D eigenvalue weighted by molar-refractivity contribution is -0.119. The van der Waals surface area contributed by atoms with Crippen molar-refractivity contribution >= 4 is 51.0 Å². The number of benzene rings is 2. The monoisotopic (exact) mass is 413 g/mol. The van der Waals surface area contributed by atoms with Gasteiger partial charge in [-0.05, 0) is 30.7 Å². The molecule has 26 heavy (non-hydrogen) atoms. The van der Waals surface area contributed by atoms with Crippen molar-refractivity contribution in [3.8, 4) is 0 Å². The van der Waals surface area contributed by atoms with Crippen molar-refractivity contribution in [1.82, 2.24) is 5.43 Å². The number of carbonyl (C=O) groups is 1. The summed E-state index contributed by atoms with van der Waals surface area (Å²) in [4.78, 5) is 12.1. The summed E-state index contributed by atoms with van der Waals surface area (Å²) in [6, 6.07) is 11.9. The number of amides is 1. The van der Waals surface area contributed by atoms with Crippen LogP contribution in [-0.4, -0.2) is 33.3 Å². The first-order valence-corrected chi connectivity index (χ1v) is 10.1. The molecule has 138 valence electrons. The van der Waals surface area contributed by atoms with Crippen LogP contribution in [0.2, 0.25) is 10.0 Å². The van der Waals surface area contributed by atoms with Gasteiger partial charge in [0.15, 0.2) is 0 Å². The average molecular weight is 414 g/mol. The molecule has 0 unspecified atom stereocenters. The Hall–Kier alpha value is -2.09. The number of rotatable bonds is 6. The van der Waals surface area contributed by atoms with Gasteiger partial charge in [-0.3, -0.25) is 9.10 Å². The fourth-order valence-electron chi connectivity index (χ4n) is 2.14. The van der Waals surface area contributed by atoms with Crippen LogP contribution in [0.25, 0.3) is 0 Å². The highest BCUT2D eigenvalue weighted by Gasteiger charge is 2.21. The Morgan fingerprint density at radius 2 is 1.92 bits per heavy atom. The van der Waals surface area contributed by atoms with Crippen LogP contribution in [0.4, 0.5) is 5.69 Å². The lowest BCUT2D eigenvalue weighted by Gasteiger charge is -2.21. The molecule has 0 spiro atoms. The predicted molar refractivity (Wildman–Crippen MR) is 106 cm³/mol. The summed E-state index contributed by atoms with van der Waals surface area (Å²) in [7, 11) is -3.71. The maximum atomic E-state index is 12.1. The molecular formula is C17H17Cl2N3O3S. The first-order chi connectivity index (χ1) is 12.2. The molecule has 9 heteroatoms. The number of aryl methyl sites for hydroxylation is 1. The Bertz CT molecular complexity index is 946. The smallest absolute Gasteiger partial charge is 0.260 e. The SMILES string of the molecule is Cc1cccc(/C=N\NC(=O)CN(c2ccc(Cl)c(Cl)c2)S(C)(=O)=O)c1. The van der Waals surface area contributed by atoms with Gasteiger partial charge in [-0.2, -0.15) is 5.10 Å². The van der Waals surface area contributed by atoms with Crippen molar-refractivity contribution < 1.29 is 13.2 Å². The summed E-state index contributed by atoms with van der Waals surface area (Å²) in [6.07, 6.45) is 2.48. The highest BCUT2D eigenvalue weighted by Crippen LogP contribution is 2.28. The highest BCUT2D eigenvalue weighted by molar-refractivity contribution is 7.92. The van der Waals surface area contributed by atoms with Crippen LogP contribution < -0.4 is 9.73 Å². The number of sulfonamides is 1. The van der Waals surface area contributed by atoms with Gasteiger partial charge in [0.05, 0.1) is 28.2 Å². The lowest BCUT2D eigenvalue weighted by Crippen LogP contribution is -2.39. The van der Waals surface area contributed by atoms with E-state index in [9.17, 15) is 13.2 Å². The van der Waals surface area contributed by atoms with Crippen LogP contribution in [0.15, 0.2) is 47.6 Å². The molecule has 0 aliphatic carbocycles. The van der Waals surface area contributed by atoms with Gasteiger partial charge in [0.2, 0.25) is 10.0 Å². The zero-order chi connectivity index (χ0) is 19.3. The number of hydrogen-bond donors (Lipinski definition) is 1. The third kappa shape index (κ3) is 5.72. The Kier molecular flexibility index (Phi) is 6.63. The fourth-order valence-corrected chi connectivity index (χ4v) is 3.28. The van der Waals surface area contributed by atoms with E-state index in [1.54, 1.807) is 0 Å². The standard InChI is InChI=1S/C17H17Cl2N3O3S/c1-12-4-3-5-13(8-12)10-20-21-17(23)11-22(26(2,24)25)14-6-7-15(18)16(19)9-14/h3-10H,11H2,1-2H3,(H,21,23)/b20-10-. The van der Waals surface area contributed by atoms with Gasteiger partial charge in [0.25, 0.3) is 5.91 Å². The van der Waals surface area contributed by atoms with Gasteiger partial charge in [-0.25, -0.2) is 13.8 Å². The molecule has 0 aromatic heterocycles. The van der Waals surface area contributed by atoms with Crippen molar-refractivity contribution in [1.29, 1.82) is 0 Å². The van der Waals surface area contributed by atoms with E-state index in [0.717, 1.165) is 21.7 Å². The molecule has 6 nitrogen and oxygen atoms in total. The number of hydrogen-bond acceptors (Lipinski definition) is 4. The normalized spacial score (nSPS) is 11.5. The van der Waals surface area contributed by atoms with Gasteiger partial charge in [-0.15, -0.1) is 0 Å². The van der Waals surface area contributed by atoms with Crippen LogP contribution in [0, 0.1) is 6.92 Å². The van der Waals surface area contributed by atoms with Crippen molar-refractivity contribution in [2.45, 2.75) is 6.92 Å². The number of anilines is 1. The maximum absolute atomic E-state index is 12.1. The first-order valence-electron chi connectivity index (χ1n) is 7.48. The Labute approximate surface area is 162 Å². The molecule has 0 saturated heterocycles. The Balaban J connectivity index is 2.11. The van der Waals surface area contributed by atoms with E-state index in [1.165, 1.54) is 24.4 Å². The topological polar surface area (TPSA) is 78.8 Å². The summed E-state index contributed by atoms with van der Waals surface area (Å²) in [5.74, 6) is -0.592. The van der Waals surface area contributed by atoms with E-state index < -0.39 is 22.5 Å². The molecule has 2 aromatic rings. The van der Waals surface area contributed by atoms with Crippen LogP contribution in [0.5, 0.6) is 0 Å². The van der Waals surface area contributed by atoms with E-state index in [4.69, 9.17) is 23.2 Å². The van der Waals surface area contributed by atoms with Crippen molar-refractivity contribution in [3.05, 3.63) is 63.6 Å². The van der Waals surface area contributed by atoms with E-state index in [2.05, 4.69) is 10.5 Å². The van der Waals surface area contributed by atoms with E-state index in [-0.39, 0.29) is 15.7 Å². The van der Waals surface area contributed by atoms with E-state index in [1.807, 2.05) is 31.2 Å². The van der Waals surface area contributed by atoms with Gasteiger partial charge >= 0.3 is 0 Å². The molecule has 1 N–H and O–H groups in total. The van der Waals surface area contributed by atoms with Crippen LogP contribution in [0.1, 0.15) is 11.1 Å². The van der Waals surface area contributed by atoms with Crippen LogP contribution in [-0.2, 0) is 14.8 Å². The molecule has 0 fully saturated rings. The van der Waals surface area contributed by atoms with E-state index >= 15 is 0 Å². The summed E-state index contributed by atoms with van der Waals surface area (Å²) in [5.41, 5.74) is 4.42. The molecule has 0 aliphatic heterocycles. The van der Waals surface area contributed by atoms with Gasteiger partial charge in [-0.1, -0.05) is 53.0 Å². The summed E-state index contributed by atoms with van der Waals surface area (Å²) in [5, 5.41) is 4.33. The van der Waals surface area contributed by atoms with Crippen molar-refractivity contribution in [3.63, 3.8) is 0 Å². The number of nitrogens with zero attached hydrogens (tertiary/aromatic N) is 2. The zero-order valence-corrected chi connectivity index (χ0v) is 16.4. The minimum absolute atomic E-state index is 0.190. The average Bonchev–Trinajstić information content (AvgIpc) is 2.54. The maximum Gasteiger partial charge on any atom is 0.260 e. The number of halogens is 2. The predicted octanol–water partition coefficient (Wildman–Crippen LogP) is 3.22. The van der Waals surface area contributed by atoms with Crippen LogP contribution in [0.3, 0.4) is 0 Å². The second-order valence-corrected chi connectivity index (χ2v) is 8.30. The molecular weight excluding hydrogens is 397 g/mol. The Morgan fingerprint density at radius 1 is 1.19 bits per heavy atom. The third-order valence-electron chi connectivity index (χ3n) is 3.32. The van der Waals surface area contributed by atoms with Gasteiger partial charge < -0.3 is 0 Å². The number of carbonyl (C=O) groups excluding carboxylic acids is 1. The van der Waals surface area contributed by atoms with Gasteiger partial charge in [0, 0.05) is 0 Å². The summed E-state index contributed by atoms with van der Waals surface area (Å²) >= 11 is 11.8. The van der Waals surface area contributed by atoms with Crippen molar-refractivity contribution in [2.75, 3.05) is 17.1 Å². The number of nitrogens with one attached hydrogen (secondary N) is 1. The van der Waals surface area contributed by atoms with Gasteiger partial charge in [0.1, 0.15) is 6.54 Å². The second kappa shape index (κ2) is 8.53. The molecule has 0 aliphatic rings. The summed E-state index contributed by atoms with van der Waals surface area (Å²) < 4.78 is 25.0. The minimum atomic E-state index is -3.71. The minimum Gasteiger partial charge on any atom is -0.271 e. The first kappa shape index (κ1) is 20.2. The zero-order valence-electron chi connectivity index (χ0n) is 14.1. The Morgan fingerprint density at radius 3 is 2.54 bits per heavy atom. The second-order valence-electron chi connectivity index (χ2n) is 5.58. The summed E-state index contributed by atoms with van der Waals surface area (Å²) in [6.45, 7) is 1.50. The molecule has 0 radical (unpaired) electrons. The quantitative estimate of drug-likeness (QED) is 0.583. The molecule has 0 saturated carbocycles. The molecule has 0 heterocycles. The number of hydrazone groups is 1. The molecule has 1 amide bonds. The molecule has 2 aromatic carbocycles. The van der Waals surface area contributed by atoms with Crippen LogP contribution >= 0.6 is 23.2 Å². The molecule has 0 bridgehead atoms. The van der Waals surface area contributed by atoms with Crippen molar-refractivity contribution in [2.24, 2.45) is 5.10 Å². The highest BCUT2D eigenvalue weighted by atomic mass is 35.5. The fraction of sp³-hybridized carbons (Fsp3) is 0.176. The van der Waals surface area contributed by atoms with E-state index in [0.29, 0.717) is 0 Å². The largest absolute Gasteiger partial charge is 0.271 e.